The number of carbonyl (C=O) groups is 1. The van der Waals surface area contributed by atoms with Crippen LogP contribution in [0.4, 0.5) is 11.5 Å². The number of nitrogens with zero attached hydrogens (tertiary/aromatic N) is 6. The van der Waals surface area contributed by atoms with Crippen LogP contribution in [0.2, 0.25) is 0 Å². The summed E-state index contributed by atoms with van der Waals surface area (Å²) < 4.78 is 7.91. The molecule has 5 heterocycles. The maximum atomic E-state index is 12.2. The minimum absolute atomic E-state index is 0.135. The summed E-state index contributed by atoms with van der Waals surface area (Å²) in [5.41, 5.74) is 6.47. The van der Waals surface area contributed by atoms with Gasteiger partial charge in [0.15, 0.2) is 5.82 Å². The molecule has 8 heteroatoms. The monoisotopic (exact) mass is 448 g/mol. The molecule has 8 nitrogen and oxygen atoms in total. The van der Waals surface area contributed by atoms with E-state index in [1.807, 2.05) is 17.0 Å². The maximum Gasteiger partial charge on any atom is 0.219 e. The van der Waals surface area contributed by atoms with Gasteiger partial charge in [-0.15, -0.1) is 0 Å². The third-order valence-corrected chi connectivity index (χ3v) is 7.57. The molecule has 0 N–H and O–H groups in total. The molecule has 0 radical (unpaired) electrons. The van der Waals surface area contributed by atoms with Crippen molar-refractivity contribution in [3.63, 3.8) is 0 Å². The van der Waals surface area contributed by atoms with E-state index < -0.39 is 0 Å². The number of rotatable bonds is 3. The normalized spacial score (nSPS) is 24.4. The van der Waals surface area contributed by atoms with Gasteiger partial charge in [0.1, 0.15) is 0 Å². The topological polar surface area (TPSA) is 66.2 Å². The van der Waals surface area contributed by atoms with E-state index in [0.29, 0.717) is 18.5 Å². The lowest BCUT2D eigenvalue weighted by Gasteiger charge is -2.33. The van der Waals surface area contributed by atoms with Gasteiger partial charge in [0.25, 0.3) is 0 Å². The molecule has 2 aromatic rings. The summed E-state index contributed by atoms with van der Waals surface area (Å²) in [6.45, 7) is 6.47. The van der Waals surface area contributed by atoms with Crippen LogP contribution in [-0.2, 0) is 28.9 Å². The van der Waals surface area contributed by atoms with E-state index in [1.165, 1.54) is 28.1 Å². The second-order valence-corrected chi connectivity index (χ2v) is 9.76. The van der Waals surface area contributed by atoms with Crippen molar-refractivity contribution in [1.82, 2.24) is 19.7 Å². The zero-order valence-corrected chi connectivity index (χ0v) is 19.5. The molecule has 33 heavy (non-hydrogen) atoms. The fourth-order valence-corrected chi connectivity index (χ4v) is 5.76. The molecule has 0 aliphatic carbocycles. The Labute approximate surface area is 194 Å². The number of likely N-dealkylation sites (N-methyl/N-ethyl adjacent to an activating group) is 1. The van der Waals surface area contributed by atoms with Crippen LogP contribution in [0.3, 0.4) is 0 Å². The number of benzene rings is 1. The van der Waals surface area contributed by atoms with Gasteiger partial charge in [0.05, 0.1) is 19.2 Å². The summed E-state index contributed by atoms with van der Waals surface area (Å²) in [4.78, 5) is 16.5. The van der Waals surface area contributed by atoms with Gasteiger partial charge in [-0.25, -0.2) is 0 Å². The van der Waals surface area contributed by atoms with Gasteiger partial charge < -0.3 is 14.5 Å². The van der Waals surface area contributed by atoms with Crippen LogP contribution in [0.5, 0.6) is 0 Å². The van der Waals surface area contributed by atoms with Gasteiger partial charge in [-0.3, -0.25) is 14.5 Å². The van der Waals surface area contributed by atoms with Crippen molar-refractivity contribution >= 4 is 23.6 Å². The molecule has 1 amide bonds. The number of aromatic nitrogens is 2. The molecular formula is C25H32N6O2. The summed E-state index contributed by atoms with van der Waals surface area (Å²) >= 11 is 0. The number of fused-ring (bicyclic) bond motifs is 2. The molecule has 1 aromatic carbocycles. The lowest BCUT2D eigenvalue weighted by atomic mass is 9.93. The third kappa shape index (κ3) is 3.60. The van der Waals surface area contributed by atoms with Crippen LogP contribution >= 0.6 is 0 Å². The first-order chi connectivity index (χ1) is 16.1. The molecule has 174 valence electrons. The molecule has 6 rings (SSSR count). The van der Waals surface area contributed by atoms with Crippen LogP contribution in [0.15, 0.2) is 23.3 Å². The Bertz CT molecular complexity index is 1100. The SMILES string of the molecule is CC(=O)N1CCc2c(c(N3CCCc4cc(C5C=NN(C)C5)ccc43)nn2[C@H]2CCOC2)C1. The van der Waals surface area contributed by atoms with Crippen LogP contribution in [-0.4, -0.2) is 71.7 Å². The number of hydrogen-bond acceptors (Lipinski definition) is 6. The first-order valence-corrected chi connectivity index (χ1v) is 12.2. The van der Waals surface area contributed by atoms with E-state index in [4.69, 9.17) is 9.84 Å². The molecule has 0 spiro atoms. The van der Waals surface area contributed by atoms with Gasteiger partial charge in [0, 0.05) is 75.7 Å². The van der Waals surface area contributed by atoms with Crippen LogP contribution < -0.4 is 4.90 Å². The summed E-state index contributed by atoms with van der Waals surface area (Å²) in [5.74, 6) is 1.52. The van der Waals surface area contributed by atoms with Crippen molar-refractivity contribution < 1.29 is 9.53 Å². The van der Waals surface area contributed by atoms with E-state index in [1.54, 1.807) is 6.92 Å². The number of aryl methyl sites for hydroxylation is 1. The minimum Gasteiger partial charge on any atom is -0.379 e. The van der Waals surface area contributed by atoms with Crippen molar-refractivity contribution in [2.24, 2.45) is 5.10 Å². The second-order valence-electron chi connectivity index (χ2n) is 9.76. The van der Waals surface area contributed by atoms with Crippen molar-refractivity contribution in [2.75, 3.05) is 44.8 Å². The van der Waals surface area contributed by atoms with Crippen LogP contribution in [0.1, 0.15) is 54.1 Å². The summed E-state index contributed by atoms with van der Waals surface area (Å²) in [6, 6.07) is 7.18. The van der Waals surface area contributed by atoms with Crippen molar-refractivity contribution in [2.45, 2.75) is 51.1 Å². The molecule has 1 fully saturated rings. The Hall–Kier alpha value is -2.87. The lowest BCUT2D eigenvalue weighted by molar-refractivity contribution is -0.129. The smallest absolute Gasteiger partial charge is 0.219 e. The number of hydrazone groups is 1. The molecule has 1 unspecified atom stereocenters. The number of amides is 1. The highest BCUT2D eigenvalue weighted by Crippen LogP contribution is 2.40. The second kappa shape index (κ2) is 8.17. The van der Waals surface area contributed by atoms with E-state index in [-0.39, 0.29) is 5.91 Å². The molecular weight excluding hydrogens is 416 g/mol. The van der Waals surface area contributed by atoms with Gasteiger partial charge in [-0.1, -0.05) is 12.1 Å². The zero-order valence-electron chi connectivity index (χ0n) is 19.5. The van der Waals surface area contributed by atoms with Crippen molar-refractivity contribution in [3.05, 3.63) is 40.6 Å². The number of ether oxygens (including phenoxy) is 1. The molecule has 2 atom stereocenters. The number of anilines is 2. The van der Waals surface area contributed by atoms with E-state index in [9.17, 15) is 4.79 Å². The molecule has 0 bridgehead atoms. The van der Waals surface area contributed by atoms with E-state index in [0.717, 1.165) is 64.3 Å². The van der Waals surface area contributed by atoms with Gasteiger partial charge in [0.2, 0.25) is 5.91 Å². The predicted octanol–water partition coefficient (Wildman–Crippen LogP) is 2.85. The fourth-order valence-electron chi connectivity index (χ4n) is 5.76. The first kappa shape index (κ1) is 20.7. The highest BCUT2D eigenvalue weighted by molar-refractivity contribution is 5.76. The highest BCUT2D eigenvalue weighted by atomic mass is 16.5. The minimum atomic E-state index is 0.135. The Morgan fingerprint density at radius 3 is 2.88 bits per heavy atom. The summed E-state index contributed by atoms with van der Waals surface area (Å²) in [5, 5.41) is 11.6. The Kier molecular flexibility index (Phi) is 5.13. The predicted molar refractivity (Wildman–Crippen MR) is 127 cm³/mol. The van der Waals surface area contributed by atoms with E-state index in [2.05, 4.69) is 39.1 Å². The van der Waals surface area contributed by atoms with Crippen LogP contribution in [0.25, 0.3) is 0 Å². The molecule has 1 saturated heterocycles. The Balaban J connectivity index is 1.39. The van der Waals surface area contributed by atoms with Gasteiger partial charge >= 0.3 is 0 Å². The summed E-state index contributed by atoms with van der Waals surface area (Å²) in [6.07, 6.45) is 6.09. The first-order valence-electron chi connectivity index (χ1n) is 12.2. The Morgan fingerprint density at radius 2 is 2.12 bits per heavy atom. The molecule has 0 saturated carbocycles. The number of carbonyl (C=O) groups excluding carboxylic acids is 1. The highest BCUT2D eigenvalue weighted by Gasteiger charge is 2.34. The lowest BCUT2D eigenvalue weighted by Crippen LogP contribution is -2.35. The Morgan fingerprint density at radius 1 is 1.21 bits per heavy atom. The van der Waals surface area contributed by atoms with Crippen molar-refractivity contribution in [3.8, 4) is 0 Å². The quantitative estimate of drug-likeness (QED) is 0.723. The van der Waals surface area contributed by atoms with E-state index >= 15 is 0 Å². The van der Waals surface area contributed by atoms with Gasteiger partial charge in [-0.2, -0.15) is 10.2 Å². The molecule has 4 aliphatic heterocycles. The zero-order chi connectivity index (χ0) is 22.5. The van der Waals surface area contributed by atoms with Crippen LogP contribution in [0, 0.1) is 0 Å². The summed E-state index contributed by atoms with van der Waals surface area (Å²) in [7, 11) is 2.02. The number of hydrogen-bond donors (Lipinski definition) is 0. The fraction of sp³-hybridized carbons (Fsp3) is 0.560. The molecule has 4 aliphatic rings. The largest absolute Gasteiger partial charge is 0.379 e. The maximum absolute atomic E-state index is 12.2. The standard InChI is InChI=1S/C25H32N6O2/c1-17(32)29-10-7-24-22(15-29)25(27-31(24)21-8-11-33-16-21)30-9-3-4-19-12-18(5-6-23(19)30)20-13-26-28(2)14-20/h5-6,12-13,20-21H,3-4,7-11,14-16H2,1-2H3/t20?,21-/m0/s1. The molecule has 1 aromatic heterocycles. The average Bonchev–Trinajstić information content (AvgIpc) is 3.57. The third-order valence-electron chi connectivity index (χ3n) is 7.57. The van der Waals surface area contributed by atoms with Crippen molar-refractivity contribution in [1.29, 1.82) is 0 Å². The van der Waals surface area contributed by atoms with Gasteiger partial charge in [-0.05, 0) is 36.5 Å². The average molecular weight is 449 g/mol.